The van der Waals surface area contributed by atoms with Gasteiger partial charge in [-0.3, -0.25) is 14.5 Å². The quantitative estimate of drug-likeness (QED) is 0.672. The van der Waals surface area contributed by atoms with Crippen molar-refractivity contribution < 1.29 is 14.3 Å². The molecule has 1 aromatic carbocycles. The number of nitrogens with zero attached hydrogens (tertiary/aromatic N) is 1. The molecule has 1 heterocycles. The molecular formula is C16H21N3O3S2. The fraction of sp³-hybridized carbons (Fsp3) is 0.438. The molecule has 1 aliphatic heterocycles. The summed E-state index contributed by atoms with van der Waals surface area (Å²) in [6.07, 6.45) is 2.78. The van der Waals surface area contributed by atoms with Crippen molar-refractivity contribution in [3.8, 4) is 5.75 Å². The predicted octanol–water partition coefficient (Wildman–Crippen LogP) is 1.15. The highest BCUT2D eigenvalue weighted by atomic mass is 32.2. The van der Waals surface area contributed by atoms with Crippen LogP contribution in [0.15, 0.2) is 24.3 Å². The Morgan fingerprint density at radius 3 is 2.75 bits per heavy atom. The summed E-state index contributed by atoms with van der Waals surface area (Å²) >= 11 is 6.98. The average Bonchev–Trinajstić information content (AvgIpc) is 2.86. The molecule has 130 valence electrons. The molecule has 0 aromatic heterocycles. The Bertz CT molecular complexity index is 607. The normalized spacial score (nSPS) is 16.9. The number of carbonyl (C=O) groups is 2. The number of hydrogen-bond donors (Lipinski definition) is 2. The molecule has 1 atom stereocenters. The highest BCUT2D eigenvalue weighted by Crippen LogP contribution is 2.18. The van der Waals surface area contributed by atoms with Crippen LogP contribution in [-0.4, -0.2) is 53.5 Å². The standard InChI is InChI=1S/C16H21N3O3S2/c1-17-14(20)10-22-12-5-3-11(4-6-12)9-19-15(21)13(7-8-24-2)18-16(19)23/h3-6,13H,7-10H2,1-2H3,(H,17,20)(H,18,23). The summed E-state index contributed by atoms with van der Waals surface area (Å²) in [5, 5.41) is 6.05. The first-order chi connectivity index (χ1) is 11.5. The van der Waals surface area contributed by atoms with Gasteiger partial charge in [-0.15, -0.1) is 0 Å². The molecule has 1 unspecified atom stereocenters. The minimum Gasteiger partial charge on any atom is -0.484 e. The lowest BCUT2D eigenvalue weighted by atomic mass is 10.2. The molecule has 2 rings (SSSR count). The average molecular weight is 367 g/mol. The first-order valence-electron chi connectivity index (χ1n) is 7.58. The highest BCUT2D eigenvalue weighted by molar-refractivity contribution is 7.98. The number of thioether (sulfide) groups is 1. The second-order valence-corrected chi connectivity index (χ2v) is 6.69. The molecule has 1 aliphatic rings. The van der Waals surface area contributed by atoms with Crippen molar-refractivity contribution >= 4 is 40.9 Å². The number of nitrogens with one attached hydrogen (secondary N) is 2. The highest BCUT2D eigenvalue weighted by Gasteiger charge is 2.34. The maximum Gasteiger partial charge on any atom is 0.257 e. The maximum absolute atomic E-state index is 12.4. The summed E-state index contributed by atoms with van der Waals surface area (Å²) < 4.78 is 5.35. The Morgan fingerprint density at radius 2 is 2.12 bits per heavy atom. The van der Waals surface area contributed by atoms with Gasteiger partial charge in [0.25, 0.3) is 11.8 Å². The van der Waals surface area contributed by atoms with E-state index in [-0.39, 0.29) is 24.5 Å². The Kier molecular flexibility index (Phi) is 6.86. The fourth-order valence-corrected chi connectivity index (χ4v) is 3.02. The summed E-state index contributed by atoms with van der Waals surface area (Å²) in [6, 6.07) is 7.07. The molecule has 6 nitrogen and oxygen atoms in total. The van der Waals surface area contributed by atoms with Crippen LogP contribution in [0.2, 0.25) is 0 Å². The second kappa shape index (κ2) is 8.89. The minimum absolute atomic E-state index is 0.0222. The predicted molar refractivity (Wildman–Crippen MR) is 99.1 cm³/mol. The van der Waals surface area contributed by atoms with Crippen LogP contribution in [0, 0.1) is 0 Å². The third-order valence-corrected chi connectivity index (χ3v) is 4.61. The molecule has 1 fully saturated rings. The Hall–Kier alpha value is -1.80. The monoisotopic (exact) mass is 367 g/mol. The van der Waals surface area contributed by atoms with Gasteiger partial charge in [0.05, 0.1) is 6.54 Å². The molecule has 2 N–H and O–H groups in total. The van der Waals surface area contributed by atoms with Gasteiger partial charge in [0.2, 0.25) is 0 Å². The number of carbonyl (C=O) groups excluding carboxylic acids is 2. The van der Waals surface area contributed by atoms with Crippen molar-refractivity contribution in [1.29, 1.82) is 0 Å². The zero-order valence-electron chi connectivity index (χ0n) is 13.7. The number of hydrogen-bond acceptors (Lipinski definition) is 5. The van der Waals surface area contributed by atoms with Crippen LogP contribution in [0.25, 0.3) is 0 Å². The lowest BCUT2D eigenvalue weighted by Gasteiger charge is -2.15. The van der Waals surface area contributed by atoms with Crippen molar-refractivity contribution in [3.63, 3.8) is 0 Å². The third kappa shape index (κ3) is 4.85. The van der Waals surface area contributed by atoms with Crippen LogP contribution in [0.1, 0.15) is 12.0 Å². The lowest BCUT2D eigenvalue weighted by molar-refractivity contribution is -0.127. The molecule has 1 saturated heterocycles. The molecule has 0 radical (unpaired) electrons. The molecule has 0 aliphatic carbocycles. The second-order valence-electron chi connectivity index (χ2n) is 5.31. The van der Waals surface area contributed by atoms with Gasteiger partial charge in [-0.2, -0.15) is 11.8 Å². The number of thiocarbonyl (C=S) groups is 1. The molecule has 0 saturated carbocycles. The SMILES string of the molecule is CNC(=O)COc1ccc(CN2C(=O)C(CCSC)NC2=S)cc1. The van der Waals surface area contributed by atoms with E-state index in [2.05, 4.69) is 10.6 Å². The van der Waals surface area contributed by atoms with Crippen molar-refractivity contribution in [2.45, 2.75) is 19.0 Å². The van der Waals surface area contributed by atoms with Gasteiger partial charge < -0.3 is 15.4 Å². The minimum atomic E-state index is -0.222. The zero-order chi connectivity index (χ0) is 17.5. The van der Waals surface area contributed by atoms with Crippen molar-refractivity contribution in [2.75, 3.05) is 25.7 Å². The summed E-state index contributed by atoms with van der Waals surface area (Å²) in [4.78, 5) is 25.2. The first-order valence-corrected chi connectivity index (χ1v) is 9.38. The Balaban J connectivity index is 1.92. The Labute approximate surface area is 151 Å². The third-order valence-electron chi connectivity index (χ3n) is 3.63. The van der Waals surface area contributed by atoms with Gasteiger partial charge in [0.1, 0.15) is 11.8 Å². The van der Waals surface area contributed by atoms with Crippen LogP contribution in [0.5, 0.6) is 5.75 Å². The van der Waals surface area contributed by atoms with Gasteiger partial charge in [-0.1, -0.05) is 12.1 Å². The van der Waals surface area contributed by atoms with Crippen molar-refractivity contribution in [3.05, 3.63) is 29.8 Å². The summed E-state index contributed by atoms with van der Waals surface area (Å²) in [5.41, 5.74) is 0.949. The maximum atomic E-state index is 12.4. The van der Waals surface area contributed by atoms with Crippen LogP contribution < -0.4 is 15.4 Å². The molecular weight excluding hydrogens is 346 g/mol. The van der Waals surface area contributed by atoms with Gasteiger partial charge in [0, 0.05) is 7.05 Å². The van der Waals surface area contributed by atoms with Crippen LogP contribution in [0.3, 0.4) is 0 Å². The van der Waals surface area contributed by atoms with E-state index in [9.17, 15) is 9.59 Å². The smallest absolute Gasteiger partial charge is 0.257 e. The molecule has 1 aromatic rings. The topological polar surface area (TPSA) is 70.7 Å². The number of likely N-dealkylation sites (N-methyl/N-ethyl adjacent to an activating group) is 1. The molecule has 0 bridgehead atoms. The fourth-order valence-electron chi connectivity index (χ4n) is 2.25. The van der Waals surface area contributed by atoms with E-state index in [4.69, 9.17) is 17.0 Å². The van der Waals surface area contributed by atoms with Crippen LogP contribution in [0.4, 0.5) is 0 Å². The number of ether oxygens (including phenoxy) is 1. The van der Waals surface area contributed by atoms with E-state index in [1.54, 1.807) is 35.8 Å². The number of amides is 2. The van der Waals surface area contributed by atoms with Crippen molar-refractivity contribution in [1.82, 2.24) is 15.5 Å². The number of benzene rings is 1. The van der Waals surface area contributed by atoms with E-state index in [1.807, 2.05) is 18.4 Å². The van der Waals surface area contributed by atoms with Crippen molar-refractivity contribution in [2.24, 2.45) is 0 Å². The molecule has 24 heavy (non-hydrogen) atoms. The van der Waals surface area contributed by atoms with Crippen LogP contribution >= 0.6 is 24.0 Å². The molecule has 0 spiro atoms. The summed E-state index contributed by atoms with van der Waals surface area (Å²) in [7, 11) is 1.56. The van der Waals surface area contributed by atoms with Gasteiger partial charge >= 0.3 is 0 Å². The van der Waals surface area contributed by atoms with Gasteiger partial charge in [0.15, 0.2) is 11.7 Å². The van der Waals surface area contributed by atoms with E-state index < -0.39 is 0 Å². The van der Waals surface area contributed by atoms with Gasteiger partial charge in [-0.25, -0.2) is 0 Å². The molecule has 8 heteroatoms. The first kappa shape index (κ1) is 18.5. The summed E-state index contributed by atoms with van der Waals surface area (Å²) in [6.45, 7) is 0.405. The lowest BCUT2D eigenvalue weighted by Crippen LogP contribution is -2.31. The zero-order valence-corrected chi connectivity index (χ0v) is 15.3. The van der Waals surface area contributed by atoms with E-state index in [0.29, 0.717) is 17.4 Å². The van der Waals surface area contributed by atoms with Crippen LogP contribution in [-0.2, 0) is 16.1 Å². The Morgan fingerprint density at radius 1 is 1.42 bits per heavy atom. The molecule has 2 amide bonds. The largest absolute Gasteiger partial charge is 0.484 e. The van der Waals surface area contributed by atoms with E-state index in [1.165, 1.54) is 0 Å². The van der Waals surface area contributed by atoms with Gasteiger partial charge in [-0.05, 0) is 48.3 Å². The number of rotatable bonds is 8. The van der Waals surface area contributed by atoms with E-state index >= 15 is 0 Å². The van der Waals surface area contributed by atoms with E-state index in [0.717, 1.165) is 17.7 Å². The summed E-state index contributed by atoms with van der Waals surface area (Å²) in [5.74, 6) is 1.36.